The first kappa shape index (κ1) is 17.3. The molecule has 1 aliphatic carbocycles. The molecule has 0 unspecified atom stereocenters. The number of aromatic nitrogens is 3. The van der Waals surface area contributed by atoms with E-state index >= 15 is 0 Å². The molecule has 4 rings (SSSR count). The van der Waals surface area contributed by atoms with Crippen molar-refractivity contribution in [1.82, 2.24) is 20.5 Å². The lowest BCUT2D eigenvalue weighted by Crippen LogP contribution is -2.23. The van der Waals surface area contributed by atoms with Gasteiger partial charge < -0.3 is 5.32 Å². The third-order valence-corrected chi connectivity index (χ3v) is 4.72. The average Bonchev–Trinajstić information content (AvgIpc) is 3.19. The van der Waals surface area contributed by atoms with Gasteiger partial charge in [0.05, 0.1) is 23.3 Å². The summed E-state index contributed by atoms with van der Waals surface area (Å²) in [5, 5.41) is 10.2. The monoisotopic (exact) mass is 368 g/mol. The van der Waals surface area contributed by atoms with Crippen LogP contribution in [0.5, 0.6) is 0 Å². The number of H-pyrrole nitrogens is 1. The van der Waals surface area contributed by atoms with Crippen molar-refractivity contribution >= 4 is 22.4 Å². The first-order valence-corrected chi connectivity index (χ1v) is 8.74. The molecule has 0 saturated heterocycles. The number of carbonyl (C=O) groups excluding carboxylic acids is 1. The van der Waals surface area contributed by atoms with Crippen molar-refractivity contribution in [2.75, 3.05) is 0 Å². The lowest BCUT2D eigenvalue weighted by molar-refractivity contribution is -0.00602. The van der Waals surface area contributed by atoms with Gasteiger partial charge in [-0.2, -0.15) is 5.10 Å². The number of para-hydroxylation sites is 1. The number of pyridine rings is 1. The van der Waals surface area contributed by atoms with Crippen LogP contribution in [0.25, 0.3) is 16.5 Å². The highest BCUT2D eigenvalue weighted by atomic mass is 19.3. The van der Waals surface area contributed by atoms with Crippen molar-refractivity contribution in [2.45, 2.75) is 31.7 Å². The second-order valence-corrected chi connectivity index (χ2v) is 6.66. The first-order chi connectivity index (χ1) is 13.0. The van der Waals surface area contributed by atoms with Gasteiger partial charge in [-0.15, -0.1) is 0 Å². The molecular weight excluding hydrogens is 350 g/mol. The number of halogens is 2. The van der Waals surface area contributed by atoms with Gasteiger partial charge in [0.2, 0.25) is 0 Å². The van der Waals surface area contributed by atoms with Crippen LogP contribution in [0.4, 0.5) is 8.78 Å². The van der Waals surface area contributed by atoms with Crippen molar-refractivity contribution in [1.29, 1.82) is 0 Å². The Labute approximate surface area is 154 Å². The van der Waals surface area contributed by atoms with E-state index in [4.69, 9.17) is 0 Å². The van der Waals surface area contributed by atoms with Crippen LogP contribution in [0.2, 0.25) is 0 Å². The topological polar surface area (TPSA) is 70.7 Å². The molecule has 27 heavy (non-hydrogen) atoms. The standard InChI is InChI=1S/C20H18F2N4O/c21-20(22)7-4-13(5-8-20)17-3-1-2-14-10-15(11-23-18(14)17)19(27)24-12-16-6-9-25-26-16/h1-4,6,9-11H,5,7-8,12H2,(H,24,27)(H,25,26). The predicted octanol–water partition coefficient (Wildman–Crippen LogP) is 4.09. The number of rotatable bonds is 4. The SMILES string of the molecule is O=C(NCc1ccn[nH]1)c1cnc2c(C3=CCC(F)(F)CC3)cccc2c1. The Morgan fingerprint density at radius 2 is 2.19 bits per heavy atom. The fourth-order valence-electron chi connectivity index (χ4n) is 3.24. The van der Waals surface area contributed by atoms with Crippen LogP contribution in [-0.2, 0) is 6.54 Å². The summed E-state index contributed by atoms with van der Waals surface area (Å²) >= 11 is 0. The second-order valence-electron chi connectivity index (χ2n) is 6.66. The van der Waals surface area contributed by atoms with Crippen molar-refractivity contribution in [3.63, 3.8) is 0 Å². The number of alkyl halides is 2. The molecule has 3 aromatic rings. The second kappa shape index (κ2) is 6.90. The number of benzene rings is 1. The van der Waals surface area contributed by atoms with Crippen LogP contribution >= 0.6 is 0 Å². The molecule has 0 aliphatic heterocycles. The maximum Gasteiger partial charge on any atom is 0.253 e. The van der Waals surface area contributed by atoms with Crippen LogP contribution in [0.1, 0.15) is 40.9 Å². The predicted molar refractivity (Wildman–Crippen MR) is 98.3 cm³/mol. The fraction of sp³-hybridized carbons (Fsp3) is 0.250. The molecule has 1 aliphatic rings. The summed E-state index contributed by atoms with van der Waals surface area (Å²) in [5.41, 5.74) is 3.71. The van der Waals surface area contributed by atoms with Crippen molar-refractivity contribution in [3.05, 3.63) is 65.6 Å². The maximum absolute atomic E-state index is 13.4. The normalized spacial score (nSPS) is 16.1. The zero-order chi connectivity index (χ0) is 18.9. The van der Waals surface area contributed by atoms with Gasteiger partial charge in [0.1, 0.15) is 0 Å². The van der Waals surface area contributed by atoms with E-state index in [1.165, 1.54) is 6.20 Å². The van der Waals surface area contributed by atoms with Gasteiger partial charge >= 0.3 is 0 Å². The smallest absolute Gasteiger partial charge is 0.253 e. The first-order valence-electron chi connectivity index (χ1n) is 8.74. The summed E-state index contributed by atoms with van der Waals surface area (Å²) in [5.74, 6) is -2.86. The minimum atomic E-state index is -2.62. The Morgan fingerprint density at radius 1 is 1.30 bits per heavy atom. The van der Waals surface area contributed by atoms with Gasteiger partial charge in [0, 0.05) is 36.2 Å². The molecule has 138 valence electrons. The van der Waals surface area contributed by atoms with Crippen LogP contribution < -0.4 is 5.32 Å². The van der Waals surface area contributed by atoms with E-state index in [0.29, 0.717) is 18.5 Å². The lowest BCUT2D eigenvalue weighted by Gasteiger charge is -2.22. The van der Waals surface area contributed by atoms with E-state index in [0.717, 1.165) is 27.7 Å². The highest BCUT2D eigenvalue weighted by Crippen LogP contribution is 2.37. The Balaban J connectivity index is 1.58. The largest absolute Gasteiger partial charge is 0.346 e. The van der Waals surface area contributed by atoms with E-state index in [2.05, 4.69) is 20.5 Å². The summed E-state index contributed by atoms with van der Waals surface area (Å²) < 4.78 is 26.8. The van der Waals surface area contributed by atoms with E-state index in [-0.39, 0.29) is 18.7 Å². The summed E-state index contributed by atoms with van der Waals surface area (Å²) in [4.78, 5) is 16.8. The van der Waals surface area contributed by atoms with E-state index in [1.54, 1.807) is 24.4 Å². The highest BCUT2D eigenvalue weighted by Gasteiger charge is 2.31. The molecule has 1 aromatic carbocycles. The molecule has 7 heteroatoms. The average molecular weight is 368 g/mol. The molecule has 2 heterocycles. The van der Waals surface area contributed by atoms with Gasteiger partial charge in [-0.25, -0.2) is 8.78 Å². The minimum absolute atomic E-state index is 0.149. The molecule has 0 atom stereocenters. The zero-order valence-corrected chi connectivity index (χ0v) is 14.5. The van der Waals surface area contributed by atoms with Crippen molar-refractivity contribution in [2.24, 2.45) is 0 Å². The fourth-order valence-corrected chi connectivity index (χ4v) is 3.24. The molecule has 5 nitrogen and oxygen atoms in total. The molecular formula is C20H18F2N4O. The number of nitrogens with zero attached hydrogens (tertiary/aromatic N) is 2. The van der Waals surface area contributed by atoms with Crippen molar-refractivity contribution in [3.8, 4) is 0 Å². The summed E-state index contributed by atoms with van der Waals surface area (Å²) in [6.45, 7) is 0.345. The maximum atomic E-state index is 13.4. The number of nitrogens with one attached hydrogen (secondary N) is 2. The van der Waals surface area contributed by atoms with Crippen LogP contribution in [-0.4, -0.2) is 27.0 Å². The molecule has 0 spiro atoms. The number of hydrogen-bond donors (Lipinski definition) is 2. The number of carbonyl (C=O) groups is 1. The lowest BCUT2D eigenvalue weighted by atomic mass is 9.90. The van der Waals surface area contributed by atoms with Gasteiger partial charge in [0.25, 0.3) is 11.8 Å². The Bertz CT molecular complexity index is 1010. The van der Waals surface area contributed by atoms with E-state index < -0.39 is 5.92 Å². The number of aromatic amines is 1. The van der Waals surface area contributed by atoms with Gasteiger partial charge in [-0.05, 0) is 24.1 Å². The Kier molecular flexibility index (Phi) is 4.43. The summed E-state index contributed by atoms with van der Waals surface area (Å²) in [6.07, 6.45) is 4.67. The van der Waals surface area contributed by atoms with Crippen LogP contribution in [0.15, 0.2) is 48.8 Å². The van der Waals surface area contributed by atoms with Gasteiger partial charge in [-0.1, -0.05) is 24.3 Å². The molecule has 0 saturated carbocycles. The summed E-state index contributed by atoms with van der Waals surface area (Å²) in [6, 6.07) is 9.18. The van der Waals surface area contributed by atoms with E-state index in [1.807, 2.05) is 18.2 Å². The van der Waals surface area contributed by atoms with Crippen LogP contribution in [0, 0.1) is 0 Å². The number of amides is 1. The molecule has 2 N–H and O–H groups in total. The van der Waals surface area contributed by atoms with Gasteiger partial charge in [-0.3, -0.25) is 14.9 Å². The minimum Gasteiger partial charge on any atom is -0.346 e. The number of hydrogen-bond acceptors (Lipinski definition) is 3. The number of fused-ring (bicyclic) bond motifs is 1. The third kappa shape index (κ3) is 3.72. The molecule has 0 radical (unpaired) electrons. The zero-order valence-electron chi connectivity index (χ0n) is 14.5. The Morgan fingerprint density at radius 3 is 2.93 bits per heavy atom. The molecule has 2 aromatic heterocycles. The third-order valence-electron chi connectivity index (χ3n) is 4.72. The van der Waals surface area contributed by atoms with Crippen molar-refractivity contribution < 1.29 is 13.6 Å². The van der Waals surface area contributed by atoms with Crippen LogP contribution in [0.3, 0.4) is 0 Å². The quantitative estimate of drug-likeness (QED) is 0.729. The molecule has 0 fully saturated rings. The Hall–Kier alpha value is -3.09. The molecule has 1 amide bonds. The van der Waals surface area contributed by atoms with Gasteiger partial charge in [0.15, 0.2) is 0 Å². The molecule has 0 bridgehead atoms. The summed E-state index contributed by atoms with van der Waals surface area (Å²) in [7, 11) is 0. The van der Waals surface area contributed by atoms with E-state index in [9.17, 15) is 13.6 Å². The number of allylic oxidation sites excluding steroid dienone is 2. The highest BCUT2D eigenvalue weighted by molar-refractivity contribution is 5.99.